The second-order valence-corrected chi connectivity index (χ2v) is 7.31. The molecular weight excluding hydrogens is 330 g/mol. The summed E-state index contributed by atoms with van der Waals surface area (Å²) < 4.78 is 5.99. The number of hydrogen-bond acceptors (Lipinski definition) is 6. The van der Waals surface area contributed by atoms with Crippen molar-refractivity contribution in [1.82, 2.24) is 14.9 Å². The Balaban J connectivity index is 1.59. The molecule has 0 radical (unpaired) electrons. The third kappa shape index (κ3) is 2.87. The lowest BCUT2D eigenvalue weighted by Gasteiger charge is -2.36. The van der Waals surface area contributed by atoms with E-state index in [0.717, 1.165) is 15.9 Å². The summed E-state index contributed by atoms with van der Waals surface area (Å²) >= 11 is 2.99. The Hall–Kier alpha value is -1.83. The smallest absolute Gasteiger partial charge is 0.283 e. The zero-order chi connectivity index (χ0) is 15.8. The quantitative estimate of drug-likeness (QED) is 0.715. The van der Waals surface area contributed by atoms with Crippen molar-refractivity contribution >= 4 is 38.9 Å². The average molecular weight is 345 g/mol. The number of rotatable bonds is 2. The summed E-state index contributed by atoms with van der Waals surface area (Å²) in [7, 11) is 0. The van der Waals surface area contributed by atoms with Crippen molar-refractivity contribution in [3.8, 4) is 0 Å². The number of pyridine rings is 1. The molecule has 23 heavy (non-hydrogen) atoms. The van der Waals surface area contributed by atoms with Crippen LogP contribution in [0.3, 0.4) is 0 Å². The molecule has 0 saturated carbocycles. The van der Waals surface area contributed by atoms with Gasteiger partial charge in [0.1, 0.15) is 16.5 Å². The second-order valence-electron chi connectivity index (χ2n) is 5.55. The fourth-order valence-corrected chi connectivity index (χ4v) is 4.33. The summed E-state index contributed by atoms with van der Waals surface area (Å²) in [6.07, 6.45) is 1.66. The van der Waals surface area contributed by atoms with E-state index < -0.39 is 0 Å². The molecule has 1 aliphatic rings. The molecule has 0 N–H and O–H groups in total. The molecule has 3 aromatic heterocycles. The van der Waals surface area contributed by atoms with Gasteiger partial charge in [0.2, 0.25) is 0 Å². The summed E-state index contributed by atoms with van der Waals surface area (Å²) in [4.78, 5) is 24.2. The van der Waals surface area contributed by atoms with Crippen LogP contribution >= 0.6 is 22.7 Å². The molecule has 1 amide bonds. The predicted octanol–water partition coefficient (Wildman–Crippen LogP) is 3.36. The van der Waals surface area contributed by atoms with Gasteiger partial charge >= 0.3 is 0 Å². The number of fused-ring (bicyclic) bond motifs is 1. The molecule has 2 atom stereocenters. The fraction of sp³-hybridized carbons (Fsp3) is 0.312. The largest absolute Gasteiger partial charge is 0.367 e. The molecule has 0 aliphatic carbocycles. The van der Waals surface area contributed by atoms with E-state index in [9.17, 15) is 4.79 Å². The van der Waals surface area contributed by atoms with Gasteiger partial charge < -0.3 is 9.64 Å². The van der Waals surface area contributed by atoms with Crippen molar-refractivity contribution in [2.75, 3.05) is 13.1 Å². The minimum atomic E-state index is -0.0681. The Bertz CT molecular complexity index is 798. The zero-order valence-corrected chi connectivity index (χ0v) is 14.1. The third-order valence-electron chi connectivity index (χ3n) is 3.81. The van der Waals surface area contributed by atoms with Crippen molar-refractivity contribution in [2.45, 2.75) is 19.1 Å². The van der Waals surface area contributed by atoms with Crippen LogP contribution in [0.5, 0.6) is 0 Å². The van der Waals surface area contributed by atoms with Gasteiger partial charge in [0.25, 0.3) is 5.91 Å². The number of ether oxygens (including phenoxy) is 1. The number of amides is 1. The number of nitrogens with zero attached hydrogens (tertiary/aromatic N) is 3. The average Bonchev–Trinajstić information content (AvgIpc) is 3.22. The van der Waals surface area contributed by atoms with Gasteiger partial charge in [-0.05, 0) is 41.4 Å². The lowest BCUT2D eigenvalue weighted by Crippen LogP contribution is -2.45. The van der Waals surface area contributed by atoms with Gasteiger partial charge in [-0.15, -0.1) is 0 Å². The molecule has 4 rings (SSSR count). The highest BCUT2D eigenvalue weighted by molar-refractivity contribution is 7.19. The Labute approximate surface area is 141 Å². The third-order valence-corrected chi connectivity index (χ3v) is 5.48. The minimum absolute atomic E-state index is 0.00473. The van der Waals surface area contributed by atoms with Gasteiger partial charge in [0, 0.05) is 12.7 Å². The van der Waals surface area contributed by atoms with Crippen LogP contribution in [0.15, 0.2) is 35.2 Å². The number of thiazole rings is 1. The van der Waals surface area contributed by atoms with Crippen molar-refractivity contribution in [1.29, 1.82) is 0 Å². The molecule has 0 spiro atoms. The highest BCUT2D eigenvalue weighted by atomic mass is 32.1. The van der Waals surface area contributed by atoms with Crippen LogP contribution in [0.1, 0.15) is 28.4 Å². The predicted molar refractivity (Wildman–Crippen MR) is 90.9 cm³/mol. The topological polar surface area (TPSA) is 55.3 Å². The molecule has 1 fully saturated rings. The van der Waals surface area contributed by atoms with Crippen LogP contribution < -0.4 is 0 Å². The summed E-state index contributed by atoms with van der Waals surface area (Å²) in [5, 5.41) is 4.60. The molecule has 118 valence electrons. The highest BCUT2D eigenvalue weighted by Gasteiger charge is 2.31. The number of carbonyl (C=O) groups is 1. The van der Waals surface area contributed by atoms with E-state index >= 15 is 0 Å². The maximum Gasteiger partial charge on any atom is 0.283 e. The molecule has 1 aliphatic heterocycles. The van der Waals surface area contributed by atoms with Crippen LogP contribution in [-0.4, -0.2) is 40.0 Å². The molecular formula is C16H15N3O2S2. The lowest BCUT2D eigenvalue weighted by molar-refractivity contribution is -0.0690. The Morgan fingerprint density at radius 3 is 3.09 bits per heavy atom. The van der Waals surface area contributed by atoms with Crippen molar-refractivity contribution < 1.29 is 9.53 Å². The van der Waals surface area contributed by atoms with E-state index in [-0.39, 0.29) is 18.1 Å². The molecule has 7 heteroatoms. The number of thiophene rings is 1. The Kier molecular flexibility index (Phi) is 3.84. The van der Waals surface area contributed by atoms with E-state index in [1.807, 2.05) is 29.3 Å². The number of morpholine rings is 1. The second kappa shape index (κ2) is 5.99. The monoisotopic (exact) mass is 345 g/mol. The fourth-order valence-electron chi connectivity index (χ4n) is 2.76. The summed E-state index contributed by atoms with van der Waals surface area (Å²) in [6, 6.07) is 5.77. The van der Waals surface area contributed by atoms with Crippen molar-refractivity contribution in [3.63, 3.8) is 0 Å². The van der Waals surface area contributed by atoms with Crippen molar-refractivity contribution in [2.24, 2.45) is 0 Å². The first kappa shape index (κ1) is 14.7. The SMILES string of the molecule is CC1CN(C(=O)c2nc3cccnc3s2)CC(c2ccsc2)O1. The summed E-state index contributed by atoms with van der Waals surface area (Å²) in [5.41, 5.74) is 1.90. The van der Waals surface area contributed by atoms with Crippen LogP contribution in [0.2, 0.25) is 0 Å². The van der Waals surface area contributed by atoms with Gasteiger partial charge in [0.05, 0.1) is 12.6 Å². The Morgan fingerprint density at radius 1 is 1.39 bits per heavy atom. The highest BCUT2D eigenvalue weighted by Crippen LogP contribution is 2.28. The first-order valence-electron chi connectivity index (χ1n) is 7.39. The molecule has 2 unspecified atom stereocenters. The van der Waals surface area contributed by atoms with Crippen molar-refractivity contribution in [3.05, 3.63) is 45.7 Å². The lowest BCUT2D eigenvalue weighted by atomic mass is 10.1. The maximum absolute atomic E-state index is 12.8. The standard InChI is InChI=1S/C16H15N3O2S2/c1-10-7-19(8-13(21-10)11-4-6-22-9-11)16(20)15-18-12-3-2-5-17-14(12)23-15/h2-6,9-10,13H,7-8H2,1H3. The molecule has 0 bridgehead atoms. The number of aromatic nitrogens is 2. The first-order chi connectivity index (χ1) is 11.2. The zero-order valence-electron chi connectivity index (χ0n) is 12.5. The van der Waals surface area contributed by atoms with Gasteiger partial charge in [-0.25, -0.2) is 9.97 Å². The van der Waals surface area contributed by atoms with E-state index in [1.165, 1.54) is 11.3 Å². The van der Waals surface area contributed by atoms with Crippen LogP contribution in [0.4, 0.5) is 0 Å². The number of carbonyl (C=O) groups excluding carboxylic acids is 1. The molecule has 1 saturated heterocycles. The number of hydrogen-bond donors (Lipinski definition) is 0. The molecule has 0 aromatic carbocycles. The molecule has 5 nitrogen and oxygen atoms in total. The molecule has 4 heterocycles. The van der Waals surface area contributed by atoms with Gasteiger partial charge in [-0.2, -0.15) is 11.3 Å². The summed E-state index contributed by atoms with van der Waals surface area (Å²) in [5.74, 6) is -0.0385. The maximum atomic E-state index is 12.8. The van der Waals surface area contributed by atoms with Crippen LogP contribution in [0.25, 0.3) is 10.3 Å². The normalized spacial score (nSPS) is 21.7. The van der Waals surface area contributed by atoms with E-state index in [4.69, 9.17) is 4.74 Å². The van der Waals surface area contributed by atoms with E-state index in [0.29, 0.717) is 18.1 Å². The van der Waals surface area contributed by atoms with E-state index in [2.05, 4.69) is 21.4 Å². The summed E-state index contributed by atoms with van der Waals surface area (Å²) in [6.45, 7) is 3.14. The van der Waals surface area contributed by atoms with Gasteiger partial charge in [-0.3, -0.25) is 4.79 Å². The molecule has 3 aromatic rings. The van der Waals surface area contributed by atoms with Crippen LogP contribution in [-0.2, 0) is 4.74 Å². The minimum Gasteiger partial charge on any atom is -0.367 e. The van der Waals surface area contributed by atoms with Gasteiger partial charge in [-0.1, -0.05) is 11.3 Å². The van der Waals surface area contributed by atoms with Gasteiger partial charge in [0.15, 0.2) is 5.01 Å². The van der Waals surface area contributed by atoms with E-state index in [1.54, 1.807) is 17.5 Å². The van der Waals surface area contributed by atoms with Crippen LogP contribution in [0, 0.1) is 0 Å². The first-order valence-corrected chi connectivity index (χ1v) is 9.15. The Morgan fingerprint density at radius 2 is 2.30 bits per heavy atom.